The highest BCUT2D eigenvalue weighted by atomic mass is 32.2. The summed E-state index contributed by atoms with van der Waals surface area (Å²) < 4.78 is 1.85. The van der Waals surface area contributed by atoms with E-state index in [1.165, 1.54) is 11.9 Å². The molecule has 22 heavy (non-hydrogen) atoms. The van der Waals surface area contributed by atoms with E-state index in [0.717, 1.165) is 10.6 Å². The second-order valence-electron chi connectivity index (χ2n) is 5.35. The van der Waals surface area contributed by atoms with Crippen molar-refractivity contribution in [2.24, 2.45) is 0 Å². The van der Waals surface area contributed by atoms with Crippen LogP contribution in [0.1, 0.15) is 11.3 Å². The van der Waals surface area contributed by atoms with Gasteiger partial charge < -0.3 is 10.4 Å². The van der Waals surface area contributed by atoms with Gasteiger partial charge in [-0.2, -0.15) is 0 Å². The monoisotopic (exact) mass is 315 g/mol. The molecule has 6 heteroatoms. The summed E-state index contributed by atoms with van der Waals surface area (Å²) in [5, 5.41) is 13.7. The van der Waals surface area contributed by atoms with Crippen molar-refractivity contribution in [3.63, 3.8) is 0 Å². The highest BCUT2D eigenvalue weighted by Gasteiger charge is 2.44. The standard InChI is InChI=1S/C16H17N3O2S/c1-11-6-5-9-14(17-11)18-15(20)16(21)10-19(2)22-13-8-4-3-7-12(13)16/h3-9,21H,10H2,1-2H3,(H,17,18,20). The van der Waals surface area contributed by atoms with Gasteiger partial charge in [-0.1, -0.05) is 24.3 Å². The number of aliphatic hydroxyl groups is 1. The van der Waals surface area contributed by atoms with E-state index in [9.17, 15) is 9.90 Å². The van der Waals surface area contributed by atoms with E-state index in [4.69, 9.17) is 0 Å². The predicted molar refractivity (Wildman–Crippen MR) is 86.4 cm³/mol. The first-order chi connectivity index (χ1) is 10.5. The average Bonchev–Trinajstić information content (AvgIpc) is 2.47. The Balaban J connectivity index is 1.94. The summed E-state index contributed by atoms with van der Waals surface area (Å²) in [7, 11) is 1.85. The van der Waals surface area contributed by atoms with Crippen LogP contribution < -0.4 is 5.32 Å². The van der Waals surface area contributed by atoms with Crippen LogP contribution >= 0.6 is 11.9 Å². The molecule has 2 N–H and O–H groups in total. The van der Waals surface area contributed by atoms with Gasteiger partial charge in [0.2, 0.25) is 0 Å². The molecular formula is C16H17N3O2S. The molecule has 0 saturated heterocycles. The quantitative estimate of drug-likeness (QED) is 0.832. The molecule has 2 heterocycles. The molecule has 2 aromatic rings. The molecule has 0 fully saturated rings. The summed E-state index contributed by atoms with van der Waals surface area (Å²) >= 11 is 1.52. The Morgan fingerprint density at radius 1 is 1.32 bits per heavy atom. The lowest BCUT2D eigenvalue weighted by molar-refractivity contribution is -0.136. The first-order valence-corrected chi connectivity index (χ1v) is 7.72. The van der Waals surface area contributed by atoms with Crippen LogP contribution in [0.4, 0.5) is 5.82 Å². The smallest absolute Gasteiger partial charge is 0.263 e. The summed E-state index contributed by atoms with van der Waals surface area (Å²) in [6.45, 7) is 2.07. The Bertz CT molecular complexity index is 722. The first kappa shape index (κ1) is 15.0. The minimum Gasteiger partial charge on any atom is -0.374 e. The summed E-state index contributed by atoms with van der Waals surface area (Å²) in [5.74, 6) is -0.0259. The number of aryl methyl sites for hydroxylation is 1. The maximum Gasteiger partial charge on any atom is 0.263 e. The third-order valence-electron chi connectivity index (χ3n) is 3.54. The van der Waals surface area contributed by atoms with Crippen LogP contribution in [0.25, 0.3) is 0 Å². The number of rotatable bonds is 2. The Kier molecular flexibility index (Phi) is 3.90. The Morgan fingerprint density at radius 3 is 2.86 bits per heavy atom. The maximum absolute atomic E-state index is 12.7. The van der Waals surface area contributed by atoms with Crippen LogP contribution in [0.2, 0.25) is 0 Å². The van der Waals surface area contributed by atoms with Gasteiger partial charge in [0.15, 0.2) is 5.60 Å². The minimum atomic E-state index is -1.60. The maximum atomic E-state index is 12.7. The number of nitrogens with one attached hydrogen (secondary N) is 1. The number of amides is 1. The molecule has 5 nitrogen and oxygen atoms in total. The third-order valence-corrected chi connectivity index (χ3v) is 4.54. The van der Waals surface area contributed by atoms with E-state index < -0.39 is 11.5 Å². The number of likely N-dealkylation sites (N-methyl/N-ethyl adjacent to an activating group) is 1. The second-order valence-corrected chi connectivity index (χ2v) is 6.60. The van der Waals surface area contributed by atoms with E-state index in [1.54, 1.807) is 12.1 Å². The number of carbonyl (C=O) groups excluding carboxylic acids is 1. The lowest BCUT2D eigenvalue weighted by Crippen LogP contribution is -2.49. The molecule has 0 radical (unpaired) electrons. The van der Waals surface area contributed by atoms with Crippen LogP contribution in [0.15, 0.2) is 47.4 Å². The van der Waals surface area contributed by atoms with Gasteiger partial charge in [-0.25, -0.2) is 9.29 Å². The molecule has 1 aromatic carbocycles. The van der Waals surface area contributed by atoms with Crippen LogP contribution in [-0.4, -0.2) is 33.9 Å². The average molecular weight is 315 g/mol. The van der Waals surface area contributed by atoms with Gasteiger partial charge in [-0.3, -0.25) is 4.79 Å². The second kappa shape index (κ2) is 5.72. The van der Waals surface area contributed by atoms with Crippen molar-refractivity contribution in [3.8, 4) is 0 Å². The van der Waals surface area contributed by atoms with Crippen molar-refractivity contribution in [1.29, 1.82) is 0 Å². The van der Waals surface area contributed by atoms with Crippen LogP contribution in [-0.2, 0) is 10.4 Å². The molecule has 3 rings (SSSR count). The van der Waals surface area contributed by atoms with E-state index in [-0.39, 0.29) is 6.54 Å². The predicted octanol–water partition coefficient (Wildman–Crippen LogP) is 2.17. The number of fused-ring (bicyclic) bond motifs is 1. The number of pyridine rings is 1. The van der Waals surface area contributed by atoms with Gasteiger partial charge in [-0.05, 0) is 44.1 Å². The van der Waals surface area contributed by atoms with E-state index in [2.05, 4.69) is 10.3 Å². The lowest BCUT2D eigenvalue weighted by atomic mass is 9.92. The van der Waals surface area contributed by atoms with Gasteiger partial charge >= 0.3 is 0 Å². The number of hydrogen-bond donors (Lipinski definition) is 2. The highest BCUT2D eigenvalue weighted by Crippen LogP contribution is 2.39. The lowest BCUT2D eigenvalue weighted by Gasteiger charge is -2.36. The number of carbonyl (C=O) groups is 1. The molecular weight excluding hydrogens is 298 g/mol. The van der Waals surface area contributed by atoms with E-state index >= 15 is 0 Å². The van der Waals surface area contributed by atoms with Gasteiger partial charge in [0.1, 0.15) is 5.82 Å². The zero-order valence-electron chi connectivity index (χ0n) is 12.4. The van der Waals surface area contributed by atoms with Gasteiger partial charge in [0.25, 0.3) is 5.91 Å². The topological polar surface area (TPSA) is 65.5 Å². The highest BCUT2D eigenvalue weighted by molar-refractivity contribution is 7.97. The van der Waals surface area contributed by atoms with Gasteiger partial charge in [0.05, 0.1) is 6.54 Å². The third kappa shape index (κ3) is 2.72. The normalized spacial score (nSPS) is 21.2. The Labute approximate surface area is 133 Å². The number of aromatic nitrogens is 1. The van der Waals surface area contributed by atoms with Crippen molar-refractivity contribution in [3.05, 3.63) is 53.7 Å². The van der Waals surface area contributed by atoms with Gasteiger partial charge in [-0.15, -0.1) is 0 Å². The fourth-order valence-corrected chi connectivity index (χ4v) is 3.58. The number of β-amino-alcohol motifs (C(OH)–C–C–N with tert-alkyl or cyclic N) is 1. The molecule has 1 aliphatic rings. The molecule has 0 saturated carbocycles. The fourth-order valence-electron chi connectivity index (χ4n) is 2.52. The van der Waals surface area contributed by atoms with Crippen LogP contribution in [0.3, 0.4) is 0 Å². The molecule has 1 aromatic heterocycles. The zero-order valence-corrected chi connectivity index (χ0v) is 13.2. The molecule has 1 aliphatic heterocycles. The van der Waals surface area contributed by atoms with Crippen molar-refractivity contribution in [1.82, 2.24) is 9.29 Å². The molecule has 1 unspecified atom stereocenters. The van der Waals surface area contributed by atoms with Crippen molar-refractivity contribution >= 4 is 23.7 Å². The minimum absolute atomic E-state index is 0.215. The first-order valence-electron chi connectivity index (χ1n) is 6.95. The molecule has 0 bridgehead atoms. The van der Waals surface area contributed by atoms with Crippen molar-refractivity contribution in [2.45, 2.75) is 17.4 Å². The van der Waals surface area contributed by atoms with Gasteiger partial charge in [0, 0.05) is 16.2 Å². The number of nitrogens with zero attached hydrogens (tertiary/aromatic N) is 2. The number of benzene rings is 1. The summed E-state index contributed by atoms with van der Waals surface area (Å²) in [6.07, 6.45) is 0. The molecule has 0 spiro atoms. The van der Waals surface area contributed by atoms with Crippen LogP contribution in [0.5, 0.6) is 0 Å². The summed E-state index contributed by atoms with van der Waals surface area (Å²) in [5.41, 5.74) is -0.160. The largest absolute Gasteiger partial charge is 0.374 e. The summed E-state index contributed by atoms with van der Waals surface area (Å²) in [6, 6.07) is 12.8. The van der Waals surface area contributed by atoms with E-state index in [1.807, 2.05) is 48.6 Å². The fraction of sp³-hybridized carbons (Fsp3) is 0.250. The Morgan fingerprint density at radius 2 is 2.09 bits per heavy atom. The molecule has 114 valence electrons. The zero-order chi connectivity index (χ0) is 15.7. The number of hydrogen-bond acceptors (Lipinski definition) is 5. The van der Waals surface area contributed by atoms with E-state index in [0.29, 0.717) is 11.4 Å². The number of anilines is 1. The SMILES string of the molecule is Cc1cccc(NC(=O)C2(O)CN(C)Sc3ccccc32)n1. The van der Waals surface area contributed by atoms with Crippen molar-refractivity contribution in [2.75, 3.05) is 18.9 Å². The van der Waals surface area contributed by atoms with Crippen molar-refractivity contribution < 1.29 is 9.90 Å². The van der Waals surface area contributed by atoms with Crippen LogP contribution in [0, 0.1) is 6.92 Å². The summed E-state index contributed by atoms with van der Waals surface area (Å²) in [4.78, 5) is 17.8. The molecule has 1 amide bonds. The molecule has 0 aliphatic carbocycles. The Hall–Kier alpha value is -1.89. The molecule has 1 atom stereocenters.